The number of hydrogen-bond donors (Lipinski definition) is 0. The average Bonchev–Trinajstić information content (AvgIpc) is 3.07. The van der Waals surface area contributed by atoms with Gasteiger partial charge in [0.05, 0.1) is 34.7 Å². The molecule has 2 atom stereocenters. The maximum Gasteiger partial charge on any atom is 0.373 e. The van der Waals surface area contributed by atoms with Gasteiger partial charge < -0.3 is 4.74 Å². The smallest absolute Gasteiger partial charge is 0.373 e. The highest BCUT2D eigenvalue weighted by molar-refractivity contribution is 7.13. The largest absolute Gasteiger partial charge is 0.486 e. The molecule has 1 aliphatic rings. The average molecular weight is 416 g/mol. The van der Waals surface area contributed by atoms with E-state index < -0.39 is 41.0 Å². The number of halogens is 6. The van der Waals surface area contributed by atoms with Crippen LogP contribution in [0.3, 0.4) is 0 Å². The zero-order valence-electron chi connectivity index (χ0n) is 14.0. The zero-order valence-corrected chi connectivity index (χ0v) is 15.7. The Bertz CT molecular complexity index is 847. The van der Waals surface area contributed by atoms with Crippen molar-refractivity contribution in [3.63, 3.8) is 0 Å². The minimum absolute atomic E-state index is 0.185. The second-order valence-corrected chi connectivity index (χ2v) is 8.63. The second-order valence-electron chi connectivity index (χ2n) is 6.06. The first kappa shape index (κ1) is 19.4. The van der Waals surface area contributed by atoms with Crippen molar-refractivity contribution in [2.24, 2.45) is 0 Å². The third kappa shape index (κ3) is 2.39. The van der Waals surface area contributed by atoms with Crippen LogP contribution in [0.15, 0.2) is 0 Å². The van der Waals surface area contributed by atoms with Crippen LogP contribution in [-0.4, -0.2) is 34.8 Å². The molecule has 0 N–H and O–H groups in total. The van der Waals surface area contributed by atoms with Gasteiger partial charge in [-0.25, -0.2) is 9.97 Å². The van der Waals surface area contributed by atoms with Crippen LogP contribution in [-0.2, 0) is 0 Å². The van der Waals surface area contributed by atoms with Gasteiger partial charge in [-0.15, -0.1) is 11.3 Å². The molecule has 3 rings (SSSR count). The Morgan fingerprint density at radius 2 is 1.27 bits per heavy atom. The van der Waals surface area contributed by atoms with Gasteiger partial charge in [0.25, 0.3) is 0 Å². The fraction of sp³-hybridized carbons (Fsp3) is 0.600. The molecule has 0 radical (unpaired) electrons. The third-order valence-electron chi connectivity index (χ3n) is 4.39. The van der Waals surface area contributed by atoms with E-state index in [0.29, 0.717) is 5.01 Å². The first-order valence-electron chi connectivity index (χ1n) is 7.45. The molecule has 0 aromatic carbocycles. The van der Waals surface area contributed by atoms with Crippen molar-refractivity contribution in [2.75, 3.05) is 7.11 Å². The molecule has 2 heterocycles. The number of nitrogens with zero attached hydrogens (tertiary/aromatic N) is 2. The first-order chi connectivity index (χ1) is 11.9. The summed E-state index contributed by atoms with van der Waals surface area (Å²) in [7, 11) is 1.15. The Morgan fingerprint density at radius 3 is 1.73 bits per heavy atom. The molecule has 2 aromatic heterocycles. The van der Waals surface area contributed by atoms with Crippen molar-refractivity contribution in [1.82, 2.24) is 9.97 Å². The summed E-state index contributed by atoms with van der Waals surface area (Å²) in [5, 5.41) is 0.387. The Kier molecular flexibility index (Phi) is 4.34. The summed E-state index contributed by atoms with van der Waals surface area (Å²) in [6.45, 7) is 4.34. The summed E-state index contributed by atoms with van der Waals surface area (Å²) in [5.41, 5.74) is -1.04. The number of alkyl halides is 6. The van der Waals surface area contributed by atoms with Gasteiger partial charge in [0.2, 0.25) is 0 Å². The topological polar surface area (TPSA) is 35.0 Å². The summed E-state index contributed by atoms with van der Waals surface area (Å²) in [4.78, 5) is 7.88. The number of hydrogen-bond acceptors (Lipinski definition) is 5. The monoisotopic (exact) mass is 416 g/mol. The molecule has 0 spiro atoms. The fourth-order valence-corrected chi connectivity index (χ4v) is 4.93. The van der Waals surface area contributed by atoms with Crippen molar-refractivity contribution in [3.05, 3.63) is 26.3 Å². The maximum atomic E-state index is 14.6. The highest BCUT2D eigenvalue weighted by atomic mass is 32.1. The Morgan fingerprint density at radius 1 is 0.808 bits per heavy atom. The summed E-state index contributed by atoms with van der Waals surface area (Å²) in [6.07, 6.45) is 0. The molecule has 1 aliphatic carbocycles. The second kappa shape index (κ2) is 5.82. The lowest BCUT2D eigenvalue weighted by Gasteiger charge is -2.24. The highest BCUT2D eigenvalue weighted by Gasteiger charge is 2.86. The minimum Gasteiger partial charge on any atom is -0.486 e. The lowest BCUT2D eigenvalue weighted by atomic mass is 9.87. The number of thiazole rings is 2. The molecule has 0 saturated heterocycles. The standard InChI is InChI=1S/C15H14F6N2OS2/c1-5-10(22-6(2)25-5)8-9(11-12(24-4)26-7(3)23-11)14(18,19)15(20,21)13(8,16)17/h8-9H,1-4H3. The van der Waals surface area contributed by atoms with Gasteiger partial charge in [-0.1, -0.05) is 11.3 Å². The lowest BCUT2D eigenvalue weighted by molar-refractivity contribution is -0.275. The van der Waals surface area contributed by atoms with E-state index in [4.69, 9.17) is 4.74 Å². The van der Waals surface area contributed by atoms with Crippen molar-refractivity contribution < 1.29 is 31.1 Å². The van der Waals surface area contributed by atoms with Gasteiger partial charge in [-0.05, 0) is 20.8 Å². The van der Waals surface area contributed by atoms with Gasteiger partial charge in [0, 0.05) is 4.88 Å². The van der Waals surface area contributed by atoms with E-state index in [-0.39, 0.29) is 14.9 Å². The van der Waals surface area contributed by atoms with Gasteiger partial charge in [0.1, 0.15) is 5.69 Å². The van der Waals surface area contributed by atoms with Gasteiger partial charge >= 0.3 is 17.8 Å². The molecule has 0 aliphatic heterocycles. The minimum atomic E-state index is -5.55. The van der Waals surface area contributed by atoms with Crippen LogP contribution >= 0.6 is 22.7 Å². The number of aryl methyl sites for hydroxylation is 3. The zero-order chi connectivity index (χ0) is 19.7. The summed E-state index contributed by atoms with van der Waals surface area (Å²) < 4.78 is 91.7. The molecule has 2 unspecified atom stereocenters. The van der Waals surface area contributed by atoms with Crippen LogP contribution in [0.1, 0.15) is 38.1 Å². The van der Waals surface area contributed by atoms with Crippen molar-refractivity contribution in [3.8, 4) is 5.06 Å². The molecular formula is C15H14F6N2OS2. The first-order valence-corrected chi connectivity index (χ1v) is 9.08. The molecule has 11 heteroatoms. The summed E-state index contributed by atoms with van der Waals surface area (Å²) in [6, 6.07) is 0. The van der Waals surface area contributed by atoms with Gasteiger partial charge in [-0.2, -0.15) is 26.3 Å². The molecule has 2 aromatic rings. The third-order valence-corrected chi connectivity index (χ3v) is 6.24. The Balaban J connectivity index is 2.31. The van der Waals surface area contributed by atoms with Crippen LogP contribution in [0.4, 0.5) is 26.3 Å². The molecule has 1 saturated carbocycles. The summed E-state index contributed by atoms with van der Waals surface area (Å²) in [5.74, 6) is -20.7. The number of aromatic nitrogens is 2. The predicted octanol–water partition coefficient (Wildman–Crippen LogP) is 5.32. The highest BCUT2D eigenvalue weighted by Crippen LogP contribution is 2.69. The Hall–Kier alpha value is -1.36. The van der Waals surface area contributed by atoms with E-state index in [2.05, 4.69) is 9.97 Å². The van der Waals surface area contributed by atoms with Crippen LogP contribution in [0.5, 0.6) is 5.06 Å². The van der Waals surface area contributed by atoms with Gasteiger partial charge in [-0.3, -0.25) is 0 Å². The fourth-order valence-electron chi connectivity index (χ4n) is 3.29. The van der Waals surface area contributed by atoms with Crippen molar-refractivity contribution in [1.29, 1.82) is 0 Å². The van der Waals surface area contributed by atoms with E-state index in [9.17, 15) is 26.3 Å². The molecule has 3 nitrogen and oxygen atoms in total. The quantitative estimate of drug-likeness (QED) is 0.636. The van der Waals surface area contributed by atoms with Gasteiger partial charge in [0.15, 0.2) is 5.06 Å². The molecule has 1 fully saturated rings. The molecule has 0 bridgehead atoms. The summed E-state index contributed by atoms with van der Waals surface area (Å²) >= 11 is 1.82. The van der Waals surface area contributed by atoms with E-state index in [0.717, 1.165) is 29.8 Å². The number of methoxy groups -OCH3 is 1. The maximum absolute atomic E-state index is 14.6. The molecule has 144 valence electrons. The van der Waals surface area contributed by atoms with E-state index in [1.165, 1.54) is 20.8 Å². The van der Waals surface area contributed by atoms with Crippen LogP contribution in [0.2, 0.25) is 0 Å². The van der Waals surface area contributed by atoms with Crippen molar-refractivity contribution >= 4 is 22.7 Å². The van der Waals surface area contributed by atoms with Crippen molar-refractivity contribution in [2.45, 2.75) is 50.4 Å². The normalized spacial score (nSPS) is 26.2. The lowest BCUT2D eigenvalue weighted by Crippen LogP contribution is -2.48. The Labute approximate surface area is 153 Å². The van der Waals surface area contributed by atoms with E-state index in [1.54, 1.807) is 0 Å². The molecular weight excluding hydrogens is 402 g/mol. The molecule has 26 heavy (non-hydrogen) atoms. The van der Waals surface area contributed by atoms with Crippen LogP contribution in [0.25, 0.3) is 0 Å². The predicted molar refractivity (Wildman–Crippen MR) is 85.3 cm³/mol. The van der Waals surface area contributed by atoms with Crippen LogP contribution in [0, 0.1) is 20.8 Å². The van der Waals surface area contributed by atoms with E-state index >= 15 is 0 Å². The van der Waals surface area contributed by atoms with E-state index in [1.807, 2.05) is 0 Å². The number of ether oxygens (including phenoxy) is 1. The van der Waals surface area contributed by atoms with Crippen LogP contribution < -0.4 is 4.74 Å². The number of rotatable bonds is 3. The molecule has 0 amide bonds. The SMILES string of the molecule is COc1sc(C)nc1C1C(c2nc(C)sc2C)C(F)(F)C(F)(F)C1(F)F.